The number of nitro benzene ring substituents is 2. The van der Waals surface area contributed by atoms with E-state index in [1.165, 1.54) is 6.92 Å². The number of carboxylic acids is 1. The molecule has 1 aromatic carbocycles. The van der Waals surface area contributed by atoms with Gasteiger partial charge in [0.2, 0.25) is 5.12 Å². The quantitative estimate of drug-likeness (QED) is 0.621. The highest BCUT2D eigenvalue weighted by Gasteiger charge is 2.21. The number of carbonyl (C=O) groups is 2. The maximum Gasteiger partial charge on any atom is 0.307 e. The van der Waals surface area contributed by atoms with Crippen molar-refractivity contribution in [2.24, 2.45) is 5.92 Å². The molecule has 0 heterocycles. The Hall–Kier alpha value is -2.49. The molecule has 0 radical (unpaired) electrons. The monoisotopic (exact) mass is 314 g/mol. The number of aliphatic carboxylic acids is 1. The topological polar surface area (TPSA) is 141 Å². The lowest BCUT2D eigenvalue weighted by Gasteiger charge is -2.05. The maximum atomic E-state index is 11.8. The molecule has 10 heteroatoms. The molecule has 0 saturated carbocycles. The summed E-state index contributed by atoms with van der Waals surface area (Å²) in [5.41, 5.74) is -1.35. The number of non-ortho nitro benzene ring substituents is 2. The van der Waals surface area contributed by atoms with Crippen LogP contribution in [0.3, 0.4) is 0 Å². The van der Waals surface area contributed by atoms with Gasteiger partial charge in [0, 0.05) is 23.4 Å². The fraction of sp³-hybridized carbons (Fsp3) is 0.273. The van der Waals surface area contributed by atoms with Gasteiger partial charge < -0.3 is 5.11 Å². The number of thioether (sulfide) groups is 1. The van der Waals surface area contributed by atoms with Crippen LogP contribution in [0.1, 0.15) is 17.3 Å². The minimum absolute atomic E-state index is 0.0370. The Balaban J connectivity index is 3.00. The molecular formula is C11H10N2O7S. The van der Waals surface area contributed by atoms with Crippen molar-refractivity contribution in [3.8, 4) is 0 Å². The second-order valence-electron chi connectivity index (χ2n) is 4.09. The molecule has 112 valence electrons. The zero-order valence-electron chi connectivity index (χ0n) is 10.7. The molecule has 0 fully saturated rings. The van der Waals surface area contributed by atoms with E-state index in [1.54, 1.807) is 0 Å². The van der Waals surface area contributed by atoms with Crippen molar-refractivity contribution in [1.82, 2.24) is 0 Å². The van der Waals surface area contributed by atoms with Crippen LogP contribution >= 0.6 is 11.8 Å². The largest absolute Gasteiger partial charge is 0.481 e. The number of carbonyl (C=O) groups excluding carboxylic acids is 1. The fourth-order valence-corrected chi connectivity index (χ4v) is 2.11. The van der Waals surface area contributed by atoms with Crippen LogP contribution in [0, 0.1) is 26.1 Å². The smallest absolute Gasteiger partial charge is 0.307 e. The molecule has 9 nitrogen and oxygen atoms in total. The zero-order chi connectivity index (χ0) is 16.2. The first-order chi connectivity index (χ1) is 9.72. The summed E-state index contributed by atoms with van der Waals surface area (Å²) in [6.45, 7) is 1.40. The summed E-state index contributed by atoms with van der Waals surface area (Å²) in [5.74, 6) is -1.90. The van der Waals surface area contributed by atoms with Gasteiger partial charge in [0.25, 0.3) is 11.4 Å². The van der Waals surface area contributed by atoms with Crippen molar-refractivity contribution in [2.75, 3.05) is 5.75 Å². The van der Waals surface area contributed by atoms with Gasteiger partial charge in [-0.2, -0.15) is 0 Å². The summed E-state index contributed by atoms with van der Waals surface area (Å²) in [7, 11) is 0. The zero-order valence-corrected chi connectivity index (χ0v) is 11.5. The van der Waals surface area contributed by atoms with E-state index < -0.39 is 38.2 Å². The number of nitrogens with zero attached hydrogens (tertiary/aromatic N) is 2. The molecule has 0 spiro atoms. The average molecular weight is 314 g/mol. The Kier molecular flexibility index (Phi) is 5.36. The lowest BCUT2D eigenvalue weighted by atomic mass is 10.2. The third-order valence-corrected chi connectivity index (χ3v) is 3.61. The van der Waals surface area contributed by atoms with Gasteiger partial charge in [0.05, 0.1) is 21.8 Å². The number of hydrogen-bond donors (Lipinski definition) is 1. The molecule has 0 saturated heterocycles. The van der Waals surface area contributed by atoms with Crippen LogP contribution in [0.25, 0.3) is 0 Å². The summed E-state index contributed by atoms with van der Waals surface area (Å²) < 4.78 is 0. The van der Waals surface area contributed by atoms with E-state index in [1.807, 2.05) is 0 Å². The Labute approximate surface area is 122 Å². The normalized spacial score (nSPS) is 11.7. The summed E-state index contributed by atoms with van der Waals surface area (Å²) >= 11 is 0.642. The van der Waals surface area contributed by atoms with Gasteiger partial charge in [-0.05, 0) is 0 Å². The van der Waals surface area contributed by atoms with Crippen molar-refractivity contribution < 1.29 is 24.5 Å². The van der Waals surface area contributed by atoms with E-state index in [0.717, 1.165) is 18.2 Å². The van der Waals surface area contributed by atoms with Crippen LogP contribution in [0.4, 0.5) is 11.4 Å². The van der Waals surface area contributed by atoms with Gasteiger partial charge >= 0.3 is 5.97 Å². The van der Waals surface area contributed by atoms with Gasteiger partial charge in [-0.3, -0.25) is 29.8 Å². The van der Waals surface area contributed by atoms with E-state index in [0.29, 0.717) is 11.8 Å². The standard InChI is InChI=1S/C11H10N2O7S/c1-6(10(14)15)5-21-11(16)7-2-8(12(17)18)4-9(3-7)13(19)20/h2-4,6H,5H2,1H3,(H,14,15)/t6-/m1/s1. The second-order valence-corrected chi connectivity index (χ2v) is 5.08. The Morgan fingerprint density at radius 3 is 2.05 bits per heavy atom. The number of hydrogen-bond acceptors (Lipinski definition) is 7. The van der Waals surface area contributed by atoms with E-state index in [9.17, 15) is 29.8 Å². The molecule has 0 aliphatic heterocycles. The van der Waals surface area contributed by atoms with Gasteiger partial charge in [-0.1, -0.05) is 18.7 Å². The Morgan fingerprint density at radius 1 is 1.19 bits per heavy atom. The molecule has 1 aromatic rings. The van der Waals surface area contributed by atoms with E-state index in [2.05, 4.69) is 0 Å². The van der Waals surface area contributed by atoms with Crippen LogP contribution in [-0.2, 0) is 4.79 Å². The molecule has 21 heavy (non-hydrogen) atoms. The predicted octanol–water partition coefficient (Wildman–Crippen LogP) is 2.10. The highest BCUT2D eigenvalue weighted by atomic mass is 32.2. The predicted molar refractivity (Wildman–Crippen MR) is 73.3 cm³/mol. The molecule has 0 amide bonds. The second kappa shape index (κ2) is 6.79. The average Bonchev–Trinajstić information content (AvgIpc) is 2.43. The third-order valence-electron chi connectivity index (χ3n) is 2.45. The molecule has 0 aliphatic rings. The third kappa shape index (κ3) is 4.53. The Morgan fingerprint density at radius 2 is 1.67 bits per heavy atom. The first-order valence-corrected chi connectivity index (χ1v) is 6.54. The number of rotatable bonds is 6. The minimum Gasteiger partial charge on any atom is -0.481 e. The van der Waals surface area contributed by atoms with Gasteiger partial charge in [-0.25, -0.2) is 0 Å². The summed E-state index contributed by atoms with van der Waals surface area (Å²) in [5, 5.41) is 29.4. The molecule has 1 rings (SSSR count). The van der Waals surface area contributed by atoms with Crippen molar-refractivity contribution >= 4 is 34.2 Å². The van der Waals surface area contributed by atoms with Crippen LogP contribution in [-0.4, -0.2) is 31.8 Å². The summed E-state index contributed by atoms with van der Waals surface area (Å²) in [6.07, 6.45) is 0. The number of nitro groups is 2. The molecular weight excluding hydrogens is 304 g/mol. The summed E-state index contributed by atoms with van der Waals surface area (Å²) in [6, 6.07) is 2.60. The first kappa shape index (κ1) is 16.6. The van der Waals surface area contributed by atoms with Crippen molar-refractivity contribution in [2.45, 2.75) is 6.92 Å². The van der Waals surface area contributed by atoms with Crippen molar-refractivity contribution in [1.29, 1.82) is 0 Å². The van der Waals surface area contributed by atoms with Gasteiger partial charge in [-0.15, -0.1) is 0 Å². The molecule has 0 bridgehead atoms. The lowest BCUT2D eigenvalue weighted by Crippen LogP contribution is -2.13. The van der Waals surface area contributed by atoms with E-state index in [-0.39, 0.29) is 11.3 Å². The summed E-state index contributed by atoms with van der Waals surface area (Å²) in [4.78, 5) is 42.2. The molecule has 1 N–H and O–H groups in total. The van der Waals surface area contributed by atoms with Crippen molar-refractivity contribution in [3.63, 3.8) is 0 Å². The van der Waals surface area contributed by atoms with Gasteiger partial charge in [0.1, 0.15) is 0 Å². The highest BCUT2D eigenvalue weighted by Crippen LogP contribution is 2.26. The van der Waals surface area contributed by atoms with E-state index in [4.69, 9.17) is 5.11 Å². The fourth-order valence-electron chi connectivity index (χ4n) is 1.28. The molecule has 0 aliphatic carbocycles. The van der Waals surface area contributed by atoms with Crippen LogP contribution in [0.5, 0.6) is 0 Å². The van der Waals surface area contributed by atoms with Crippen LogP contribution < -0.4 is 0 Å². The SMILES string of the molecule is C[C@H](CSC(=O)c1cc([N+](=O)[O-])cc([N+](=O)[O-])c1)C(=O)O. The molecule has 0 aromatic heterocycles. The van der Waals surface area contributed by atoms with Gasteiger partial charge in [0.15, 0.2) is 0 Å². The number of benzene rings is 1. The van der Waals surface area contributed by atoms with Crippen LogP contribution in [0.15, 0.2) is 18.2 Å². The first-order valence-electron chi connectivity index (χ1n) is 5.56. The molecule has 0 unspecified atom stereocenters. The number of carboxylic acid groups (broad SMARTS) is 1. The Bertz CT molecular complexity index is 584. The maximum absolute atomic E-state index is 11.8. The minimum atomic E-state index is -1.08. The van der Waals surface area contributed by atoms with Crippen LogP contribution in [0.2, 0.25) is 0 Å². The lowest BCUT2D eigenvalue weighted by molar-refractivity contribution is -0.394. The van der Waals surface area contributed by atoms with Crippen molar-refractivity contribution in [3.05, 3.63) is 44.0 Å². The highest BCUT2D eigenvalue weighted by molar-refractivity contribution is 8.14. The van der Waals surface area contributed by atoms with E-state index >= 15 is 0 Å². The molecule has 1 atom stereocenters.